The Morgan fingerprint density at radius 3 is 2.50 bits per heavy atom. The van der Waals surface area contributed by atoms with Crippen LogP contribution in [-0.4, -0.2) is 31.9 Å². The topological polar surface area (TPSA) is 130 Å². The third-order valence-corrected chi connectivity index (χ3v) is 5.35. The molecule has 0 aliphatic heterocycles. The highest BCUT2D eigenvalue weighted by molar-refractivity contribution is 7.89. The van der Waals surface area contributed by atoms with Crippen molar-refractivity contribution >= 4 is 33.4 Å². The number of carbonyl (C=O) groups is 2. The zero-order valence-corrected chi connectivity index (χ0v) is 15.6. The summed E-state index contributed by atoms with van der Waals surface area (Å²) in [6.07, 6.45) is -0.189. The van der Waals surface area contributed by atoms with E-state index in [2.05, 4.69) is 20.7 Å². The maximum absolute atomic E-state index is 12.2. The summed E-state index contributed by atoms with van der Waals surface area (Å²) in [6.45, 7) is 2.81. The number of amides is 2. The van der Waals surface area contributed by atoms with Gasteiger partial charge in [0.15, 0.2) is 5.76 Å². The largest absolute Gasteiger partial charge is 0.360 e. The number of aryl methyl sites for hydroxylation is 2. The average Bonchev–Trinajstić information content (AvgIpc) is 2.92. The molecule has 140 valence electrons. The number of halogens is 1. The summed E-state index contributed by atoms with van der Waals surface area (Å²) in [4.78, 5) is 23.6. The second-order valence-electron chi connectivity index (χ2n) is 5.28. The Morgan fingerprint density at radius 1 is 1.19 bits per heavy atom. The Bertz CT molecular complexity index is 906. The lowest BCUT2D eigenvalue weighted by Crippen LogP contribution is -2.42. The molecule has 1 aromatic carbocycles. The van der Waals surface area contributed by atoms with Crippen molar-refractivity contribution in [2.45, 2.75) is 25.2 Å². The summed E-state index contributed by atoms with van der Waals surface area (Å²) in [5, 5.41) is 3.82. The molecule has 0 bridgehead atoms. The third-order valence-electron chi connectivity index (χ3n) is 3.31. The van der Waals surface area contributed by atoms with E-state index in [9.17, 15) is 18.0 Å². The van der Waals surface area contributed by atoms with Crippen LogP contribution in [0.2, 0.25) is 5.02 Å². The summed E-state index contributed by atoms with van der Waals surface area (Å²) in [5.41, 5.74) is 4.83. The number of benzene rings is 1. The highest BCUT2D eigenvalue weighted by atomic mass is 35.5. The van der Waals surface area contributed by atoms with Gasteiger partial charge in [0.2, 0.25) is 15.9 Å². The van der Waals surface area contributed by atoms with Crippen LogP contribution in [-0.2, 0) is 14.8 Å². The summed E-state index contributed by atoms with van der Waals surface area (Å²) in [6, 6.07) is 6.35. The van der Waals surface area contributed by atoms with Gasteiger partial charge >= 0.3 is 0 Å². The van der Waals surface area contributed by atoms with Gasteiger partial charge in [-0.2, -0.15) is 0 Å². The van der Waals surface area contributed by atoms with Crippen molar-refractivity contribution in [2.24, 2.45) is 0 Å². The number of aromatic nitrogens is 1. The Hall–Kier alpha value is -2.43. The maximum Gasteiger partial charge on any atom is 0.271 e. The van der Waals surface area contributed by atoms with Crippen LogP contribution in [0.5, 0.6) is 0 Å². The van der Waals surface area contributed by atoms with E-state index < -0.39 is 21.8 Å². The number of carbonyl (C=O) groups excluding carboxylic acids is 2. The SMILES string of the molecule is Cc1noc(C)c1S(=O)(=O)NCCC(=O)NNC(=O)c1ccccc1Cl. The van der Waals surface area contributed by atoms with Crippen LogP contribution in [0.25, 0.3) is 0 Å². The Morgan fingerprint density at radius 2 is 1.88 bits per heavy atom. The first-order valence-corrected chi connectivity index (χ1v) is 9.34. The van der Waals surface area contributed by atoms with Crippen molar-refractivity contribution in [3.05, 3.63) is 46.3 Å². The van der Waals surface area contributed by atoms with Crippen molar-refractivity contribution in [2.75, 3.05) is 6.54 Å². The number of rotatable bonds is 6. The van der Waals surface area contributed by atoms with Gasteiger partial charge in [-0.05, 0) is 26.0 Å². The zero-order chi connectivity index (χ0) is 19.3. The second kappa shape index (κ2) is 8.30. The molecule has 0 radical (unpaired) electrons. The highest BCUT2D eigenvalue weighted by Gasteiger charge is 2.23. The average molecular weight is 401 g/mol. The van der Waals surface area contributed by atoms with Crippen molar-refractivity contribution in [1.29, 1.82) is 0 Å². The number of nitrogens with one attached hydrogen (secondary N) is 3. The van der Waals surface area contributed by atoms with Gasteiger partial charge in [-0.25, -0.2) is 13.1 Å². The summed E-state index contributed by atoms with van der Waals surface area (Å²) >= 11 is 5.88. The van der Waals surface area contributed by atoms with E-state index >= 15 is 0 Å². The molecular formula is C15H17ClN4O5S. The minimum Gasteiger partial charge on any atom is -0.360 e. The molecule has 0 saturated heterocycles. The Labute approximate surface area is 155 Å². The van der Waals surface area contributed by atoms with Gasteiger partial charge in [0.25, 0.3) is 5.91 Å². The lowest BCUT2D eigenvalue weighted by Gasteiger charge is -2.09. The van der Waals surface area contributed by atoms with Crippen molar-refractivity contribution < 1.29 is 22.5 Å². The molecule has 1 heterocycles. The Balaban J connectivity index is 1.82. The van der Waals surface area contributed by atoms with E-state index in [4.69, 9.17) is 16.1 Å². The summed E-state index contributed by atoms with van der Waals surface area (Å²) in [7, 11) is -3.84. The van der Waals surface area contributed by atoms with E-state index in [-0.39, 0.29) is 39.9 Å². The molecule has 9 nitrogen and oxygen atoms in total. The molecule has 2 amide bonds. The van der Waals surface area contributed by atoms with Gasteiger partial charge in [-0.1, -0.05) is 28.9 Å². The van der Waals surface area contributed by atoms with E-state index in [1.54, 1.807) is 18.2 Å². The molecule has 3 N–H and O–H groups in total. The van der Waals surface area contributed by atoms with Crippen LogP contribution in [0, 0.1) is 13.8 Å². The minimum absolute atomic E-state index is 0.0510. The first-order valence-electron chi connectivity index (χ1n) is 7.48. The van der Waals surface area contributed by atoms with E-state index in [0.29, 0.717) is 0 Å². The fourth-order valence-electron chi connectivity index (χ4n) is 2.13. The molecule has 11 heteroatoms. The molecule has 0 spiro atoms. The van der Waals surface area contributed by atoms with Gasteiger partial charge in [0.1, 0.15) is 10.6 Å². The van der Waals surface area contributed by atoms with Crippen LogP contribution in [0.4, 0.5) is 0 Å². The van der Waals surface area contributed by atoms with Crippen molar-refractivity contribution in [3.8, 4) is 0 Å². The van der Waals surface area contributed by atoms with E-state index in [1.165, 1.54) is 19.9 Å². The molecule has 2 aromatic rings. The molecule has 0 saturated carbocycles. The summed E-state index contributed by atoms with van der Waals surface area (Å²) < 4.78 is 31.5. The standard InChI is InChI=1S/C15H17ClN4O5S/c1-9-14(10(2)25-20-9)26(23,24)17-8-7-13(21)18-19-15(22)11-5-3-4-6-12(11)16/h3-6,17H,7-8H2,1-2H3,(H,18,21)(H,19,22). The third kappa shape index (κ3) is 4.81. The van der Waals surface area contributed by atoms with Crippen molar-refractivity contribution in [1.82, 2.24) is 20.7 Å². The monoisotopic (exact) mass is 400 g/mol. The molecule has 0 unspecified atom stereocenters. The van der Waals surface area contributed by atoms with Crippen LogP contribution in [0.1, 0.15) is 28.2 Å². The molecule has 26 heavy (non-hydrogen) atoms. The fourth-order valence-corrected chi connectivity index (χ4v) is 3.71. The zero-order valence-electron chi connectivity index (χ0n) is 14.0. The number of nitrogens with zero attached hydrogens (tertiary/aromatic N) is 1. The van der Waals surface area contributed by atoms with E-state index in [1.807, 2.05) is 0 Å². The molecule has 0 atom stereocenters. The molecule has 2 rings (SSSR count). The van der Waals surface area contributed by atoms with Gasteiger partial charge in [-0.3, -0.25) is 20.4 Å². The first-order chi connectivity index (χ1) is 12.2. The number of hydrazine groups is 1. The molecule has 0 aliphatic carbocycles. The van der Waals surface area contributed by atoms with Gasteiger partial charge in [0, 0.05) is 13.0 Å². The fraction of sp³-hybridized carbons (Fsp3) is 0.267. The van der Waals surface area contributed by atoms with Crippen molar-refractivity contribution in [3.63, 3.8) is 0 Å². The lowest BCUT2D eigenvalue weighted by atomic mass is 10.2. The lowest BCUT2D eigenvalue weighted by molar-refractivity contribution is -0.121. The van der Waals surface area contributed by atoms with Gasteiger partial charge in [0.05, 0.1) is 10.6 Å². The number of hydrogen-bond donors (Lipinski definition) is 3. The van der Waals surface area contributed by atoms with E-state index in [0.717, 1.165) is 0 Å². The quantitative estimate of drug-likeness (QED) is 0.622. The van der Waals surface area contributed by atoms with Gasteiger partial charge in [-0.15, -0.1) is 0 Å². The molecule has 1 aromatic heterocycles. The molecule has 0 aliphatic rings. The molecule has 0 fully saturated rings. The predicted octanol–water partition coefficient (Wildman–Crippen LogP) is 1.07. The Kier molecular flexibility index (Phi) is 6.35. The second-order valence-corrected chi connectivity index (χ2v) is 7.39. The van der Waals surface area contributed by atoms with Gasteiger partial charge < -0.3 is 4.52 Å². The smallest absolute Gasteiger partial charge is 0.271 e. The highest BCUT2D eigenvalue weighted by Crippen LogP contribution is 2.18. The first kappa shape index (κ1) is 19.9. The number of hydrogen-bond acceptors (Lipinski definition) is 6. The number of sulfonamides is 1. The predicted molar refractivity (Wildman–Crippen MR) is 92.8 cm³/mol. The van der Waals surface area contributed by atoms with Crippen LogP contribution >= 0.6 is 11.6 Å². The van der Waals surface area contributed by atoms with Crippen LogP contribution in [0.3, 0.4) is 0 Å². The maximum atomic E-state index is 12.2. The minimum atomic E-state index is -3.84. The normalized spacial score (nSPS) is 11.2. The van der Waals surface area contributed by atoms with Crippen LogP contribution < -0.4 is 15.6 Å². The summed E-state index contributed by atoms with van der Waals surface area (Å²) in [5.74, 6) is -1.00. The van der Waals surface area contributed by atoms with Crippen LogP contribution in [0.15, 0.2) is 33.7 Å². The molecular weight excluding hydrogens is 384 g/mol.